The molecule has 2 aromatic heterocycles. The van der Waals surface area contributed by atoms with E-state index in [-0.39, 0.29) is 17.3 Å². The Hall–Kier alpha value is -4.09. The monoisotopic (exact) mass is 486 g/mol. The van der Waals surface area contributed by atoms with E-state index < -0.39 is 0 Å². The average molecular weight is 487 g/mol. The minimum Gasteiger partial charge on any atom is -0.352 e. The molecule has 0 unspecified atom stereocenters. The predicted octanol–water partition coefficient (Wildman–Crippen LogP) is 4.29. The lowest BCUT2D eigenvalue weighted by atomic mass is 10.1. The molecule has 0 aliphatic heterocycles. The second kappa shape index (κ2) is 11.9. The average Bonchev–Trinajstić information content (AvgIpc) is 3.39. The van der Waals surface area contributed by atoms with Crippen molar-refractivity contribution < 1.29 is 9.18 Å². The standard InChI is InChI=1S/C27H23FN4O2S/c28-24-8-4-19(5-9-24)3-6-22-15-23(27(34)30-12-1-2-21-16-31-32-17-21)7-10-25(22)35-18-20-11-13-29-26(33)14-20/h4-5,7-11,13-17H,1-2,12,18H2,(H,29,33)(H,30,34)(H,31,32). The number of hydrogen-bond donors (Lipinski definition) is 3. The summed E-state index contributed by atoms with van der Waals surface area (Å²) in [5, 5.41) is 9.65. The van der Waals surface area contributed by atoms with Crippen molar-refractivity contribution >= 4 is 17.7 Å². The van der Waals surface area contributed by atoms with Gasteiger partial charge in [0, 0.05) is 52.3 Å². The van der Waals surface area contributed by atoms with Crippen LogP contribution in [0.15, 0.2) is 82.9 Å². The van der Waals surface area contributed by atoms with Gasteiger partial charge in [-0.15, -0.1) is 11.8 Å². The Bertz CT molecular complexity index is 1400. The van der Waals surface area contributed by atoms with Gasteiger partial charge in [-0.05, 0) is 72.5 Å². The van der Waals surface area contributed by atoms with Gasteiger partial charge in [-0.25, -0.2) is 4.39 Å². The van der Waals surface area contributed by atoms with Crippen LogP contribution in [0.3, 0.4) is 0 Å². The largest absolute Gasteiger partial charge is 0.352 e. The number of halogens is 1. The molecule has 4 rings (SSSR count). The smallest absolute Gasteiger partial charge is 0.251 e. The van der Waals surface area contributed by atoms with Gasteiger partial charge in [-0.3, -0.25) is 14.7 Å². The van der Waals surface area contributed by atoms with Gasteiger partial charge in [0.1, 0.15) is 5.82 Å². The molecule has 0 saturated heterocycles. The maximum atomic E-state index is 13.2. The fourth-order valence-corrected chi connectivity index (χ4v) is 4.25. The minimum absolute atomic E-state index is 0.154. The van der Waals surface area contributed by atoms with Crippen LogP contribution in [0.2, 0.25) is 0 Å². The molecule has 176 valence electrons. The number of thioether (sulfide) groups is 1. The number of hydrogen-bond acceptors (Lipinski definition) is 4. The summed E-state index contributed by atoms with van der Waals surface area (Å²) in [4.78, 5) is 27.8. The number of nitrogens with one attached hydrogen (secondary N) is 3. The van der Waals surface area contributed by atoms with E-state index >= 15 is 0 Å². The van der Waals surface area contributed by atoms with Crippen LogP contribution in [0.25, 0.3) is 0 Å². The van der Waals surface area contributed by atoms with Crippen molar-refractivity contribution in [2.24, 2.45) is 0 Å². The summed E-state index contributed by atoms with van der Waals surface area (Å²) in [6.07, 6.45) is 6.86. The summed E-state index contributed by atoms with van der Waals surface area (Å²) >= 11 is 1.53. The zero-order chi connectivity index (χ0) is 24.5. The van der Waals surface area contributed by atoms with Crippen molar-refractivity contribution in [1.29, 1.82) is 0 Å². The first-order valence-electron chi connectivity index (χ1n) is 11.0. The summed E-state index contributed by atoms with van der Waals surface area (Å²) in [6.45, 7) is 0.541. The van der Waals surface area contributed by atoms with Gasteiger partial charge in [-0.2, -0.15) is 5.10 Å². The first kappa shape index (κ1) is 24.0. The first-order valence-corrected chi connectivity index (χ1v) is 12.0. The number of carbonyl (C=O) groups is 1. The Balaban J connectivity index is 1.49. The van der Waals surface area contributed by atoms with Crippen LogP contribution in [0, 0.1) is 17.7 Å². The number of aromatic nitrogens is 3. The zero-order valence-corrected chi connectivity index (χ0v) is 19.6. The highest BCUT2D eigenvalue weighted by Gasteiger charge is 2.10. The second-order valence-electron chi connectivity index (χ2n) is 7.78. The van der Waals surface area contributed by atoms with Crippen molar-refractivity contribution in [3.8, 4) is 11.8 Å². The molecule has 1 amide bonds. The van der Waals surface area contributed by atoms with Crippen molar-refractivity contribution in [3.63, 3.8) is 0 Å². The van der Waals surface area contributed by atoms with E-state index in [1.165, 1.54) is 23.9 Å². The van der Waals surface area contributed by atoms with E-state index in [4.69, 9.17) is 0 Å². The fourth-order valence-electron chi connectivity index (χ4n) is 3.32. The molecule has 2 aromatic carbocycles. The molecule has 0 aliphatic carbocycles. The molecule has 2 heterocycles. The van der Waals surface area contributed by atoms with Crippen molar-refractivity contribution in [3.05, 3.63) is 117 Å². The van der Waals surface area contributed by atoms with Gasteiger partial charge in [-0.1, -0.05) is 11.8 Å². The molecule has 0 aliphatic rings. The number of pyridine rings is 1. The molecule has 0 radical (unpaired) electrons. The molecule has 0 bridgehead atoms. The molecule has 0 atom stereocenters. The fraction of sp³-hybridized carbons (Fsp3) is 0.148. The number of aryl methyl sites for hydroxylation is 1. The molecular weight excluding hydrogens is 463 g/mol. The van der Waals surface area contributed by atoms with Crippen LogP contribution in [-0.2, 0) is 12.2 Å². The van der Waals surface area contributed by atoms with Crippen molar-refractivity contribution in [2.75, 3.05) is 6.54 Å². The number of H-pyrrole nitrogens is 2. The number of nitrogens with zero attached hydrogens (tertiary/aromatic N) is 1. The molecule has 3 N–H and O–H groups in total. The van der Waals surface area contributed by atoms with Gasteiger partial charge < -0.3 is 10.3 Å². The van der Waals surface area contributed by atoms with E-state index in [1.807, 2.05) is 18.3 Å². The third-order valence-corrected chi connectivity index (χ3v) is 6.29. The molecule has 8 heteroatoms. The summed E-state index contributed by atoms with van der Waals surface area (Å²) in [7, 11) is 0. The lowest BCUT2D eigenvalue weighted by Crippen LogP contribution is -2.24. The Morgan fingerprint density at radius 2 is 1.91 bits per heavy atom. The van der Waals surface area contributed by atoms with Crippen LogP contribution in [0.1, 0.15) is 39.0 Å². The van der Waals surface area contributed by atoms with E-state index in [0.29, 0.717) is 29.0 Å². The van der Waals surface area contributed by atoms with E-state index in [1.54, 1.807) is 42.7 Å². The van der Waals surface area contributed by atoms with Crippen LogP contribution in [0.4, 0.5) is 4.39 Å². The van der Waals surface area contributed by atoms with E-state index in [9.17, 15) is 14.0 Å². The van der Waals surface area contributed by atoms with Gasteiger partial charge in [0.25, 0.3) is 5.91 Å². The summed E-state index contributed by atoms with van der Waals surface area (Å²) in [5.41, 5.74) is 3.70. The highest BCUT2D eigenvalue weighted by molar-refractivity contribution is 7.98. The van der Waals surface area contributed by atoms with Gasteiger partial charge >= 0.3 is 0 Å². The molecular formula is C27H23FN4O2S. The summed E-state index contributed by atoms with van der Waals surface area (Å²) in [5.74, 6) is 6.25. The normalized spacial score (nSPS) is 10.4. The molecule has 35 heavy (non-hydrogen) atoms. The van der Waals surface area contributed by atoms with Crippen molar-refractivity contribution in [2.45, 2.75) is 23.5 Å². The highest BCUT2D eigenvalue weighted by Crippen LogP contribution is 2.27. The van der Waals surface area contributed by atoms with Gasteiger partial charge in [0.2, 0.25) is 5.56 Å². The zero-order valence-electron chi connectivity index (χ0n) is 18.8. The van der Waals surface area contributed by atoms with Gasteiger partial charge in [0.15, 0.2) is 0 Å². The lowest BCUT2D eigenvalue weighted by molar-refractivity contribution is 0.0953. The molecule has 4 aromatic rings. The Kier molecular flexibility index (Phi) is 8.15. The SMILES string of the molecule is O=C(NCCCc1cn[nH]c1)c1ccc(SCc2cc[nH]c(=O)c2)c(C#Cc2ccc(F)cc2)c1. The molecule has 0 spiro atoms. The van der Waals surface area contributed by atoms with Crippen LogP contribution >= 0.6 is 11.8 Å². The third kappa shape index (κ3) is 7.19. The number of amides is 1. The minimum atomic E-state index is -0.323. The topological polar surface area (TPSA) is 90.6 Å². The molecule has 0 fully saturated rings. The summed E-state index contributed by atoms with van der Waals surface area (Å²) in [6, 6.07) is 14.8. The number of rotatable bonds is 8. The lowest BCUT2D eigenvalue weighted by Gasteiger charge is -2.09. The third-order valence-electron chi connectivity index (χ3n) is 5.14. The maximum Gasteiger partial charge on any atom is 0.251 e. The second-order valence-corrected chi connectivity index (χ2v) is 8.80. The van der Waals surface area contributed by atoms with Crippen LogP contribution in [0.5, 0.6) is 0 Å². The van der Waals surface area contributed by atoms with E-state index in [2.05, 4.69) is 32.3 Å². The molecule has 6 nitrogen and oxygen atoms in total. The highest BCUT2D eigenvalue weighted by atomic mass is 32.2. The Morgan fingerprint density at radius 3 is 2.69 bits per heavy atom. The van der Waals surface area contributed by atoms with Crippen LogP contribution < -0.4 is 10.9 Å². The number of benzene rings is 2. The van der Waals surface area contributed by atoms with Crippen molar-refractivity contribution in [1.82, 2.24) is 20.5 Å². The Morgan fingerprint density at radius 1 is 1.06 bits per heavy atom. The molecule has 0 saturated carbocycles. The maximum absolute atomic E-state index is 13.2. The van der Waals surface area contributed by atoms with E-state index in [0.717, 1.165) is 28.9 Å². The first-order chi connectivity index (χ1) is 17.1. The van der Waals surface area contributed by atoms with Gasteiger partial charge in [0.05, 0.1) is 6.20 Å². The summed E-state index contributed by atoms with van der Waals surface area (Å²) < 4.78 is 13.2. The number of aromatic amines is 2. The quantitative estimate of drug-likeness (QED) is 0.197. The Labute approximate surface area is 206 Å². The number of carbonyl (C=O) groups excluding carboxylic acids is 1. The predicted molar refractivity (Wildman–Crippen MR) is 135 cm³/mol. The van der Waals surface area contributed by atoms with Crippen LogP contribution in [-0.4, -0.2) is 27.6 Å².